The zero-order valence-electron chi connectivity index (χ0n) is 13.9. The van der Waals surface area contributed by atoms with Gasteiger partial charge < -0.3 is 14.4 Å². The van der Waals surface area contributed by atoms with Gasteiger partial charge in [-0.15, -0.1) is 5.10 Å². The number of carbonyl (C=O) groups is 1. The molecule has 6 nitrogen and oxygen atoms in total. The number of hydrogen-bond donors (Lipinski definition) is 0. The molecule has 3 rings (SSSR count). The number of amides is 1. The van der Waals surface area contributed by atoms with Crippen molar-refractivity contribution in [1.29, 1.82) is 0 Å². The molecule has 1 unspecified atom stereocenters. The molecule has 2 aromatic heterocycles. The van der Waals surface area contributed by atoms with Crippen molar-refractivity contribution < 1.29 is 4.79 Å². The highest BCUT2D eigenvalue weighted by Gasteiger charge is 2.24. The van der Waals surface area contributed by atoms with Crippen LogP contribution in [0, 0.1) is 0 Å². The van der Waals surface area contributed by atoms with Crippen LogP contribution in [0.2, 0.25) is 0 Å². The van der Waals surface area contributed by atoms with Crippen LogP contribution in [0.3, 0.4) is 0 Å². The van der Waals surface area contributed by atoms with Crippen LogP contribution in [-0.2, 0) is 17.8 Å². The first-order chi connectivity index (χ1) is 11.0. The molecule has 1 amide bonds. The summed E-state index contributed by atoms with van der Waals surface area (Å²) in [5.74, 6) is 1.03. The fourth-order valence-electron chi connectivity index (χ4n) is 2.88. The predicted molar refractivity (Wildman–Crippen MR) is 89.2 cm³/mol. The zero-order valence-corrected chi connectivity index (χ0v) is 13.9. The lowest BCUT2D eigenvalue weighted by atomic mass is 10.1. The third-order valence-corrected chi connectivity index (χ3v) is 4.34. The van der Waals surface area contributed by atoms with Gasteiger partial charge in [0.25, 0.3) is 0 Å². The molecule has 0 radical (unpaired) electrons. The quantitative estimate of drug-likeness (QED) is 0.865. The van der Waals surface area contributed by atoms with E-state index in [4.69, 9.17) is 0 Å². The zero-order chi connectivity index (χ0) is 16.4. The van der Waals surface area contributed by atoms with Crippen molar-refractivity contribution in [1.82, 2.24) is 19.7 Å². The second-order valence-electron chi connectivity index (χ2n) is 6.32. The second-order valence-corrected chi connectivity index (χ2v) is 6.32. The van der Waals surface area contributed by atoms with Crippen molar-refractivity contribution in [3.05, 3.63) is 41.9 Å². The molecule has 0 spiro atoms. The van der Waals surface area contributed by atoms with Crippen LogP contribution in [0.25, 0.3) is 0 Å². The Morgan fingerprint density at radius 1 is 1.30 bits per heavy atom. The summed E-state index contributed by atoms with van der Waals surface area (Å²) in [7, 11) is 3.89. The minimum atomic E-state index is 0.173. The summed E-state index contributed by atoms with van der Waals surface area (Å²) in [4.78, 5) is 16.5. The normalized spacial score (nSPS) is 15.2. The molecule has 0 aromatic carbocycles. The van der Waals surface area contributed by atoms with Gasteiger partial charge in [0, 0.05) is 58.5 Å². The third-order valence-electron chi connectivity index (χ3n) is 4.34. The molecule has 3 heterocycles. The summed E-state index contributed by atoms with van der Waals surface area (Å²) in [6, 6.07) is 6.18. The van der Waals surface area contributed by atoms with Gasteiger partial charge in [0.15, 0.2) is 5.82 Å². The van der Waals surface area contributed by atoms with E-state index in [0.29, 0.717) is 13.0 Å². The smallest absolute Gasteiger partial charge is 0.224 e. The summed E-state index contributed by atoms with van der Waals surface area (Å²) in [5, 5.41) is 8.51. The fourth-order valence-corrected chi connectivity index (χ4v) is 2.88. The first-order valence-corrected chi connectivity index (χ1v) is 7.97. The van der Waals surface area contributed by atoms with E-state index in [9.17, 15) is 4.79 Å². The molecule has 1 aliphatic rings. The number of nitrogens with zero attached hydrogens (tertiary/aromatic N) is 5. The SMILES string of the molecule is CC(CC(=O)N1CCc2nnc(N(C)C)cc2C1)n1cccc1. The standard InChI is InChI=1S/C17H23N5O/c1-13(21-7-4-5-8-21)10-17(23)22-9-6-15-14(12-22)11-16(19-18-15)20(2)3/h4-5,7-8,11,13H,6,9-10,12H2,1-3H3. The van der Waals surface area contributed by atoms with Crippen LogP contribution in [0.5, 0.6) is 0 Å². The molecule has 6 heteroatoms. The van der Waals surface area contributed by atoms with Crippen LogP contribution in [-0.4, -0.2) is 46.2 Å². The van der Waals surface area contributed by atoms with Gasteiger partial charge in [0.05, 0.1) is 5.69 Å². The van der Waals surface area contributed by atoms with Gasteiger partial charge in [-0.1, -0.05) is 0 Å². The highest BCUT2D eigenvalue weighted by molar-refractivity contribution is 5.77. The van der Waals surface area contributed by atoms with Crippen molar-refractivity contribution >= 4 is 11.7 Å². The molecule has 0 saturated carbocycles. The molecule has 0 saturated heterocycles. The van der Waals surface area contributed by atoms with E-state index in [1.165, 1.54) is 0 Å². The number of hydrogen-bond acceptors (Lipinski definition) is 4. The van der Waals surface area contributed by atoms with Gasteiger partial charge in [-0.05, 0) is 30.7 Å². The third kappa shape index (κ3) is 3.36. The lowest BCUT2D eigenvalue weighted by Crippen LogP contribution is -2.37. The predicted octanol–water partition coefficient (Wildman–Crippen LogP) is 1.88. The van der Waals surface area contributed by atoms with Crippen LogP contribution in [0.15, 0.2) is 30.6 Å². The maximum Gasteiger partial charge on any atom is 0.224 e. The highest BCUT2D eigenvalue weighted by atomic mass is 16.2. The highest BCUT2D eigenvalue weighted by Crippen LogP contribution is 2.22. The first-order valence-electron chi connectivity index (χ1n) is 7.97. The average Bonchev–Trinajstić information content (AvgIpc) is 3.08. The van der Waals surface area contributed by atoms with Crippen LogP contribution >= 0.6 is 0 Å². The van der Waals surface area contributed by atoms with E-state index < -0.39 is 0 Å². The molecule has 0 N–H and O–H groups in total. The molecule has 1 aliphatic heterocycles. The maximum absolute atomic E-state index is 12.6. The van der Waals surface area contributed by atoms with Gasteiger partial charge in [-0.25, -0.2) is 0 Å². The van der Waals surface area contributed by atoms with Crippen LogP contribution in [0.1, 0.15) is 30.6 Å². The monoisotopic (exact) mass is 313 g/mol. The largest absolute Gasteiger partial charge is 0.361 e. The molecule has 2 aromatic rings. The second kappa shape index (κ2) is 6.40. The lowest BCUT2D eigenvalue weighted by Gasteiger charge is -2.29. The van der Waals surface area contributed by atoms with Gasteiger partial charge >= 0.3 is 0 Å². The number of fused-ring (bicyclic) bond motifs is 1. The van der Waals surface area contributed by atoms with Gasteiger partial charge in [-0.2, -0.15) is 5.10 Å². The first kappa shape index (κ1) is 15.5. The lowest BCUT2D eigenvalue weighted by molar-refractivity contribution is -0.132. The summed E-state index contributed by atoms with van der Waals surface area (Å²) in [5.41, 5.74) is 2.12. The van der Waals surface area contributed by atoms with Crippen LogP contribution in [0.4, 0.5) is 5.82 Å². The summed E-state index contributed by atoms with van der Waals surface area (Å²) >= 11 is 0. The molecule has 23 heavy (non-hydrogen) atoms. The number of anilines is 1. The number of rotatable bonds is 4. The fraction of sp³-hybridized carbons (Fsp3) is 0.471. The van der Waals surface area contributed by atoms with E-state index in [-0.39, 0.29) is 11.9 Å². The van der Waals surface area contributed by atoms with E-state index in [0.717, 1.165) is 30.0 Å². The van der Waals surface area contributed by atoms with Crippen molar-refractivity contribution in [2.45, 2.75) is 32.4 Å². The Morgan fingerprint density at radius 2 is 2.04 bits per heavy atom. The Morgan fingerprint density at radius 3 is 2.74 bits per heavy atom. The molecular weight excluding hydrogens is 290 g/mol. The Bertz CT molecular complexity index is 680. The van der Waals surface area contributed by atoms with E-state index in [1.807, 2.05) is 54.5 Å². The Hall–Kier alpha value is -2.37. The Kier molecular flexibility index (Phi) is 4.32. The summed E-state index contributed by atoms with van der Waals surface area (Å²) < 4.78 is 2.07. The molecule has 1 atom stereocenters. The Labute approximate surface area is 136 Å². The molecular formula is C17H23N5O. The van der Waals surface area contributed by atoms with Crippen molar-refractivity contribution in [3.8, 4) is 0 Å². The minimum absolute atomic E-state index is 0.173. The average molecular weight is 313 g/mol. The summed E-state index contributed by atoms with van der Waals surface area (Å²) in [6.45, 7) is 3.43. The van der Waals surface area contributed by atoms with E-state index in [1.54, 1.807) is 0 Å². The Balaban J connectivity index is 1.68. The van der Waals surface area contributed by atoms with Crippen molar-refractivity contribution in [2.24, 2.45) is 0 Å². The number of carbonyl (C=O) groups excluding carboxylic acids is 1. The molecule has 0 aliphatic carbocycles. The van der Waals surface area contributed by atoms with Crippen molar-refractivity contribution in [2.75, 3.05) is 25.5 Å². The van der Waals surface area contributed by atoms with Crippen molar-refractivity contribution in [3.63, 3.8) is 0 Å². The minimum Gasteiger partial charge on any atom is -0.361 e. The van der Waals surface area contributed by atoms with Gasteiger partial charge in [0.1, 0.15) is 0 Å². The van der Waals surface area contributed by atoms with E-state index in [2.05, 4.69) is 21.7 Å². The summed E-state index contributed by atoms with van der Waals surface area (Å²) in [6.07, 6.45) is 5.30. The maximum atomic E-state index is 12.6. The van der Waals surface area contributed by atoms with Gasteiger partial charge in [0.2, 0.25) is 5.91 Å². The van der Waals surface area contributed by atoms with Gasteiger partial charge in [-0.3, -0.25) is 4.79 Å². The molecule has 122 valence electrons. The van der Waals surface area contributed by atoms with E-state index >= 15 is 0 Å². The molecule has 0 bridgehead atoms. The number of aromatic nitrogens is 3. The topological polar surface area (TPSA) is 54.3 Å². The molecule has 0 fully saturated rings. The van der Waals surface area contributed by atoms with Crippen LogP contribution < -0.4 is 4.90 Å².